The number of carbonyl (C=O) groups excluding carboxylic acids is 1. The minimum atomic E-state index is -0.231. The van der Waals surface area contributed by atoms with Crippen LogP contribution in [0.15, 0.2) is 12.4 Å². The topological polar surface area (TPSA) is 96.7 Å². The van der Waals surface area contributed by atoms with Crippen LogP contribution in [-0.4, -0.2) is 27.6 Å². The maximum absolute atomic E-state index is 12.2. The lowest BCUT2D eigenvalue weighted by Gasteiger charge is -2.09. The monoisotopic (exact) mass is 289 g/mol. The molecule has 0 saturated carbocycles. The predicted molar refractivity (Wildman–Crippen MR) is 77.3 cm³/mol. The Labute approximate surface area is 120 Å². The summed E-state index contributed by atoms with van der Waals surface area (Å²) >= 11 is 1.36. The van der Waals surface area contributed by atoms with Crippen molar-refractivity contribution in [3.63, 3.8) is 0 Å². The quantitative estimate of drug-likeness (QED) is 0.734. The molecule has 0 radical (unpaired) electrons. The fourth-order valence-electron chi connectivity index (χ4n) is 1.61. The van der Waals surface area contributed by atoms with Gasteiger partial charge in [0.25, 0.3) is 5.91 Å². The Balaban J connectivity index is 2.10. The highest BCUT2D eigenvalue weighted by atomic mass is 32.1. The van der Waals surface area contributed by atoms with Crippen LogP contribution in [0.3, 0.4) is 0 Å². The number of aromatic amines is 1. The molecule has 7 heteroatoms. The molecule has 6 nitrogen and oxygen atoms in total. The molecular weight excluding hydrogens is 274 g/mol. The molecule has 2 aromatic heterocycles. The average molecular weight is 289 g/mol. The van der Waals surface area contributed by atoms with Crippen LogP contribution in [-0.2, 0) is 0 Å². The number of amides is 1. The lowest BCUT2D eigenvalue weighted by Crippen LogP contribution is -2.26. The second-order valence-corrected chi connectivity index (χ2v) is 5.25. The van der Waals surface area contributed by atoms with Crippen molar-refractivity contribution in [2.75, 3.05) is 6.54 Å². The molecule has 0 fully saturated rings. The molecule has 0 saturated heterocycles. The Morgan fingerprint density at radius 1 is 1.65 bits per heavy atom. The standard InChI is InChI=1S/C13H15N5OS/c1-8-6-11(20-10(8)4-3-5-14)13(19)17-9(2)12-15-7-16-18-12/h6-7,9H,5,14H2,1-2H3,(H,17,19)(H,15,16,18). The van der Waals surface area contributed by atoms with Gasteiger partial charge < -0.3 is 11.1 Å². The minimum absolute atomic E-state index is 0.150. The molecule has 2 rings (SSSR count). The van der Waals surface area contributed by atoms with Gasteiger partial charge in [-0.15, -0.1) is 11.3 Å². The summed E-state index contributed by atoms with van der Waals surface area (Å²) in [6.07, 6.45) is 1.41. The van der Waals surface area contributed by atoms with Gasteiger partial charge in [-0.05, 0) is 25.5 Å². The van der Waals surface area contributed by atoms with Crippen LogP contribution in [0.5, 0.6) is 0 Å². The molecule has 0 spiro atoms. The van der Waals surface area contributed by atoms with Crippen LogP contribution in [0.4, 0.5) is 0 Å². The highest BCUT2D eigenvalue weighted by Gasteiger charge is 2.16. The summed E-state index contributed by atoms with van der Waals surface area (Å²) in [4.78, 5) is 17.7. The van der Waals surface area contributed by atoms with Crippen molar-refractivity contribution in [1.29, 1.82) is 0 Å². The minimum Gasteiger partial charge on any atom is -0.342 e. The number of rotatable bonds is 3. The number of nitrogens with zero attached hydrogens (tertiary/aromatic N) is 2. The van der Waals surface area contributed by atoms with Gasteiger partial charge in [-0.2, -0.15) is 5.10 Å². The van der Waals surface area contributed by atoms with E-state index in [1.165, 1.54) is 17.7 Å². The van der Waals surface area contributed by atoms with E-state index in [1.807, 2.05) is 19.9 Å². The third kappa shape index (κ3) is 3.23. The third-order valence-corrected chi connectivity index (χ3v) is 3.79. The van der Waals surface area contributed by atoms with E-state index in [0.717, 1.165) is 10.4 Å². The fraction of sp³-hybridized carbons (Fsp3) is 0.308. The second-order valence-electron chi connectivity index (χ2n) is 4.19. The first-order chi connectivity index (χ1) is 9.61. The SMILES string of the molecule is Cc1cc(C(=O)NC(C)c2ncn[nH]2)sc1C#CCN. The highest BCUT2D eigenvalue weighted by Crippen LogP contribution is 2.21. The Bertz CT molecular complexity index is 650. The normalized spacial score (nSPS) is 11.6. The Morgan fingerprint density at radius 3 is 3.10 bits per heavy atom. The van der Waals surface area contributed by atoms with E-state index in [1.54, 1.807) is 0 Å². The van der Waals surface area contributed by atoms with Crippen LogP contribution in [0, 0.1) is 18.8 Å². The molecule has 2 aromatic rings. The van der Waals surface area contributed by atoms with Gasteiger partial charge in [-0.25, -0.2) is 4.98 Å². The molecule has 0 bridgehead atoms. The van der Waals surface area contributed by atoms with E-state index in [9.17, 15) is 4.79 Å². The lowest BCUT2D eigenvalue weighted by molar-refractivity contribution is 0.0942. The number of nitrogens with two attached hydrogens (primary N) is 1. The van der Waals surface area contributed by atoms with Gasteiger partial charge in [0, 0.05) is 0 Å². The van der Waals surface area contributed by atoms with Crippen LogP contribution in [0.1, 0.15) is 38.9 Å². The van der Waals surface area contributed by atoms with E-state index < -0.39 is 0 Å². The molecule has 104 valence electrons. The molecule has 0 aromatic carbocycles. The molecule has 1 unspecified atom stereocenters. The summed E-state index contributed by atoms with van der Waals surface area (Å²) < 4.78 is 0. The molecule has 1 amide bonds. The van der Waals surface area contributed by atoms with Gasteiger partial charge >= 0.3 is 0 Å². The van der Waals surface area contributed by atoms with Gasteiger partial charge in [0.15, 0.2) is 0 Å². The molecule has 20 heavy (non-hydrogen) atoms. The van der Waals surface area contributed by atoms with Crippen LogP contribution >= 0.6 is 11.3 Å². The predicted octanol–water partition coefficient (Wildman–Crippen LogP) is 0.976. The Morgan fingerprint density at radius 2 is 2.45 bits per heavy atom. The zero-order valence-corrected chi connectivity index (χ0v) is 12.0. The smallest absolute Gasteiger partial charge is 0.261 e. The van der Waals surface area contributed by atoms with Crippen molar-refractivity contribution < 1.29 is 4.79 Å². The van der Waals surface area contributed by atoms with E-state index >= 15 is 0 Å². The van der Waals surface area contributed by atoms with Crippen LogP contribution in [0.2, 0.25) is 0 Å². The summed E-state index contributed by atoms with van der Waals surface area (Å²) in [7, 11) is 0. The largest absolute Gasteiger partial charge is 0.342 e. The zero-order chi connectivity index (χ0) is 14.5. The first-order valence-corrected chi connectivity index (χ1v) is 6.89. The number of hydrogen-bond acceptors (Lipinski definition) is 5. The van der Waals surface area contributed by atoms with Gasteiger partial charge in [0.1, 0.15) is 12.2 Å². The van der Waals surface area contributed by atoms with Gasteiger partial charge in [0.2, 0.25) is 0 Å². The van der Waals surface area contributed by atoms with Crippen molar-refractivity contribution in [3.8, 4) is 11.8 Å². The van der Waals surface area contributed by atoms with Crippen molar-refractivity contribution in [2.45, 2.75) is 19.9 Å². The Kier molecular flexibility index (Phi) is 4.50. The number of carbonyl (C=O) groups is 1. The number of aryl methyl sites for hydroxylation is 1. The number of nitrogens with one attached hydrogen (secondary N) is 2. The molecule has 4 N–H and O–H groups in total. The van der Waals surface area contributed by atoms with E-state index in [2.05, 4.69) is 32.3 Å². The lowest BCUT2D eigenvalue weighted by atomic mass is 10.2. The first kappa shape index (κ1) is 14.2. The number of hydrogen-bond donors (Lipinski definition) is 3. The average Bonchev–Trinajstić information content (AvgIpc) is 3.06. The molecule has 0 aliphatic heterocycles. The van der Waals surface area contributed by atoms with E-state index in [0.29, 0.717) is 17.2 Å². The number of aromatic nitrogens is 3. The summed E-state index contributed by atoms with van der Waals surface area (Å²) in [5.41, 5.74) is 6.33. The van der Waals surface area contributed by atoms with Gasteiger partial charge in [-0.3, -0.25) is 9.89 Å². The zero-order valence-electron chi connectivity index (χ0n) is 11.2. The number of thiophene rings is 1. The molecule has 1 atom stereocenters. The first-order valence-electron chi connectivity index (χ1n) is 6.07. The van der Waals surface area contributed by atoms with Crippen LogP contribution < -0.4 is 11.1 Å². The molecule has 0 aliphatic rings. The Hall–Kier alpha value is -2.17. The molecule has 0 aliphatic carbocycles. The van der Waals surface area contributed by atoms with Crippen molar-refractivity contribution >= 4 is 17.2 Å². The van der Waals surface area contributed by atoms with E-state index in [4.69, 9.17) is 5.73 Å². The second kappa shape index (κ2) is 6.32. The fourth-order valence-corrected chi connectivity index (χ4v) is 2.56. The summed E-state index contributed by atoms with van der Waals surface area (Å²) in [5.74, 6) is 6.23. The molecule has 2 heterocycles. The number of H-pyrrole nitrogens is 1. The summed E-state index contributed by atoms with van der Waals surface area (Å²) in [5, 5.41) is 9.35. The van der Waals surface area contributed by atoms with E-state index in [-0.39, 0.29) is 11.9 Å². The van der Waals surface area contributed by atoms with Gasteiger partial charge in [-0.1, -0.05) is 11.8 Å². The molecular formula is C13H15N5OS. The van der Waals surface area contributed by atoms with Gasteiger partial charge in [0.05, 0.1) is 22.3 Å². The maximum Gasteiger partial charge on any atom is 0.261 e. The third-order valence-electron chi connectivity index (χ3n) is 2.64. The van der Waals surface area contributed by atoms with Crippen molar-refractivity contribution in [2.24, 2.45) is 5.73 Å². The summed E-state index contributed by atoms with van der Waals surface area (Å²) in [6, 6.07) is 1.60. The van der Waals surface area contributed by atoms with Crippen molar-refractivity contribution in [3.05, 3.63) is 33.5 Å². The van der Waals surface area contributed by atoms with Crippen molar-refractivity contribution in [1.82, 2.24) is 20.5 Å². The maximum atomic E-state index is 12.2. The summed E-state index contributed by atoms with van der Waals surface area (Å²) in [6.45, 7) is 4.07. The van der Waals surface area contributed by atoms with Crippen LogP contribution in [0.25, 0.3) is 0 Å². The highest BCUT2D eigenvalue weighted by molar-refractivity contribution is 7.14.